The highest BCUT2D eigenvalue weighted by molar-refractivity contribution is 5.79. The van der Waals surface area contributed by atoms with Gasteiger partial charge in [0.2, 0.25) is 0 Å². The van der Waals surface area contributed by atoms with Crippen LogP contribution >= 0.6 is 0 Å². The number of carbonyl (C=O) groups excluding carboxylic acids is 1. The summed E-state index contributed by atoms with van der Waals surface area (Å²) in [6.45, 7) is 6.89. The number of Topliss-reactive ketones (excluding diaryl/α,β-unsaturated/α-hetero) is 1. The van der Waals surface area contributed by atoms with Crippen LogP contribution in [0.15, 0.2) is 0 Å². The molecule has 8 atom stereocenters. The van der Waals surface area contributed by atoms with E-state index in [9.17, 15) is 4.79 Å². The van der Waals surface area contributed by atoms with Gasteiger partial charge in [-0.3, -0.25) is 4.79 Å². The minimum atomic E-state index is 0.307. The average Bonchev–Trinajstić information content (AvgIpc) is 2.85. The first-order valence-corrected chi connectivity index (χ1v) is 10.1. The standard InChI is InChI=1S/C21H35NO/c1-13(23)17-6-7-18-16-5-4-14-12-15(22)8-10-20(14,2)19(16)9-11-21(17,18)3/h14-19H,4-12,22H2,1-3H3/t14-,15+,16+,17+,18-,19-,20-,21+/m0/s1. The number of rotatable bonds is 1. The third kappa shape index (κ3) is 2.19. The van der Waals surface area contributed by atoms with Gasteiger partial charge in [-0.25, -0.2) is 0 Å². The number of nitrogens with two attached hydrogens (primary N) is 1. The molecular formula is C21H35NO. The van der Waals surface area contributed by atoms with Gasteiger partial charge < -0.3 is 5.73 Å². The van der Waals surface area contributed by atoms with Crippen LogP contribution in [-0.2, 0) is 4.79 Å². The van der Waals surface area contributed by atoms with Gasteiger partial charge in [0.25, 0.3) is 0 Å². The molecule has 2 N–H and O–H groups in total. The van der Waals surface area contributed by atoms with Gasteiger partial charge in [0.05, 0.1) is 0 Å². The third-order valence-corrected chi connectivity index (χ3v) is 9.20. The van der Waals surface area contributed by atoms with Gasteiger partial charge in [-0.05, 0) is 99.2 Å². The van der Waals surface area contributed by atoms with E-state index in [0.29, 0.717) is 28.6 Å². The Labute approximate surface area is 142 Å². The smallest absolute Gasteiger partial charge is 0.133 e. The molecule has 0 aliphatic heterocycles. The van der Waals surface area contributed by atoms with Crippen LogP contribution in [0.5, 0.6) is 0 Å². The number of carbonyl (C=O) groups is 1. The molecule has 0 radical (unpaired) electrons. The van der Waals surface area contributed by atoms with Crippen LogP contribution in [0, 0.1) is 40.4 Å². The molecule has 0 amide bonds. The molecule has 0 unspecified atom stereocenters. The normalized spacial score (nSPS) is 55.7. The van der Waals surface area contributed by atoms with Gasteiger partial charge in [-0.2, -0.15) is 0 Å². The van der Waals surface area contributed by atoms with Crippen molar-refractivity contribution in [3.05, 3.63) is 0 Å². The summed E-state index contributed by atoms with van der Waals surface area (Å²) in [6, 6.07) is 0.451. The second kappa shape index (κ2) is 5.31. The molecule has 0 saturated heterocycles. The van der Waals surface area contributed by atoms with Crippen LogP contribution in [0.2, 0.25) is 0 Å². The lowest BCUT2D eigenvalue weighted by Crippen LogP contribution is -2.54. The van der Waals surface area contributed by atoms with Crippen LogP contribution in [0.1, 0.15) is 78.6 Å². The van der Waals surface area contributed by atoms with Gasteiger partial charge in [0.1, 0.15) is 5.78 Å². The molecule has 2 nitrogen and oxygen atoms in total. The summed E-state index contributed by atoms with van der Waals surface area (Å²) in [5.74, 6) is 4.26. The monoisotopic (exact) mass is 317 g/mol. The summed E-state index contributed by atoms with van der Waals surface area (Å²) in [5, 5.41) is 0. The molecule has 4 fully saturated rings. The van der Waals surface area contributed by atoms with Crippen LogP contribution in [0.3, 0.4) is 0 Å². The zero-order valence-corrected chi connectivity index (χ0v) is 15.3. The lowest BCUT2D eigenvalue weighted by molar-refractivity contribution is -0.134. The lowest BCUT2D eigenvalue weighted by Gasteiger charge is -2.61. The van der Waals surface area contributed by atoms with Crippen molar-refractivity contribution in [1.82, 2.24) is 0 Å². The van der Waals surface area contributed by atoms with Crippen molar-refractivity contribution in [3.8, 4) is 0 Å². The Morgan fingerprint density at radius 3 is 2.35 bits per heavy atom. The average molecular weight is 318 g/mol. The minimum Gasteiger partial charge on any atom is -0.328 e. The zero-order valence-electron chi connectivity index (χ0n) is 15.3. The molecule has 0 aromatic heterocycles. The maximum atomic E-state index is 12.2. The van der Waals surface area contributed by atoms with Gasteiger partial charge in [0.15, 0.2) is 0 Å². The summed E-state index contributed by atoms with van der Waals surface area (Å²) in [7, 11) is 0. The van der Waals surface area contributed by atoms with E-state index in [1.807, 2.05) is 6.92 Å². The molecule has 0 bridgehead atoms. The Kier molecular flexibility index (Phi) is 3.72. The summed E-state index contributed by atoms with van der Waals surface area (Å²) in [4.78, 5) is 12.2. The van der Waals surface area contributed by atoms with Crippen molar-refractivity contribution in [2.45, 2.75) is 84.6 Å². The van der Waals surface area contributed by atoms with Crippen LogP contribution in [0.25, 0.3) is 0 Å². The Morgan fingerprint density at radius 1 is 0.913 bits per heavy atom. The topological polar surface area (TPSA) is 43.1 Å². The molecule has 0 spiro atoms. The van der Waals surface area contributed by atoms with Crippen molar-refractivity contribution in [1.29, 1.82) is 0 Å². The van der Waals surface area contributed by atoms with E-state index < -0.39 is 0 Å². The summed E-state index contributed by atoms with van der Waals surface area (Å²) >= 11 is 0. The van der Waals surface area contributed by atoms with E-state index in [0.717, 1.165) is 30.1 Å². The van der Waals surface area contributed by atoms with Gasteiger partial charge >= 0.3 is 0 Å². The highest BCUT2D eigenvalue weighted by Crippen LogP contribution is 2.67. The van der Waals surface area contributed by atoms with Crippen LogP contribution in [0.4, 0.5) is 0 Å². The fourth-order valence-corrected chi connectivity index (χ4v) is 7.96. The first-order valence-electron chi connectivity index (χ1n) is 10.1. The Balaban J connectivity index is 1.61. The second-order valence-electron chi connectivity index (χ2n) is 9.98. The molecule has 4 aliphatic rings. The molecule has 0 aromatic rings. The molecular weight excluding hydrogens is 282 g/mol. The molecule has 0 heterocycles. The Morgan fingerprint density at radius 2 is 1.61 bits per heavy atom. The van der Waals surface area contributed by atoms with Gasteiger partial charge in [-0.1, -0.05) is 13.8 Å². The number of hydrogen-bond donors (Lipinski definition) is 1. The van der Waals surface area contributed by atoms with E-state index in [-0.39, 0.29) is 0 Å². The predicted molar refractivity (Wildman–Crippen MR) is 93.9 cm³/mol. The molecule has 0 aromatic carbocycles. The molecule has 4 rings (SSSR count). The van der Waals surface area contributed by atoms with E-state index in [1.54, 1.807) is 0 Å². The fourth-order valence-electron chi connectivity index (χ4n) is 7.96. The van der Waals surface area contributed by atoms with E-state index in [4.69, 9.17) is 5.73 Å². The van der Waals surface area contributed by atoms with Gasteiger partial charge in [-0.15, -0.1) is 0 Å². The lowest BCUT2D eigenvalue weighted by atomic mass is 9.44. The number of fused-ring (bicyclic) bond motifs is 5. The fraction of sp³-hybridized carbons (Fsp3) is 0.952. The minimum absolute atomic E-state index is 0.307. The molecule has 2 heteroatoms. The largest absolute Gasteiger partial charge is 0.328 e. The van der Waals surface area contributed by atoms with Crippen LogP contribution < -0.4 is 5.73 Å². The highest BCUT2D eigenvalue weighted by atomic mass is 16.1. The number of hydrogen-bond acceptors (Lipinski definition) is 2. The van der Waals surface area contributed by atoms with Crippen LogP contribution in [-0.4, -0.2) is 11.8 Å². The Hall–Kier alpha value is -0.370. The van der Waals surface area contributed by atoms with E-state index in [1.165, 1.54) is 51.4 Å². The maximum Gasteiger partial charge on any atom is 0.133 e. The molecule has 130 valence electrons. The quantitative estimate of drug-likeness (QED) is 0.770. The van der Waals surface area contributed by atoms with Crippen molar-refractivity contribution < 1.29 is 4.79 Å². The first kappa shape index (κ1) is 16.1. The van der Waals surface area contributed by atoms with Crippen molar-refractivity contribution >= 4 is 5.78 Å². The molecule has 23 heavy (non-hydrogen) atoms. The third-order valence-electron chi connectivity index (χ3n) is 9.20. The summed E-state index contributed by atoms with van der Waals surface area (Å²) in [6.07, 6.45) is 11.8. The Bertz CT molecular complexity index is 502. The maximum absolute atomic E-state index is 12.2. The summed E-state index contributed by atoms with van der Waals surface area (Å²) < 4.78 is 0. The zero-order chi connectivity index (χ0) is 16.4. The molecule has 4 saturated carbocycles. The SMILES string of the molecule is CC(=O)[C@H]1CC[C@H]2[C@H]3CC[C@H]4C[C@H](N)CC[C@]4(C)[C@H]3CC[C@]12C. The molecule has 4 aliphatic carbocycles. The predicted octanol–water partition coefficient (Wildman–Crippen LogP) is 4.56. The van der Waals surface area contributed by atoms with Crippen molar-refractivity contribution in [3.63, 3.8) is 0 Å². The van der Waals surface area contributed by atoms with E-state index >= 15 is 0 Å². The van der Waals surface area contributed by atoms with Crippen molar-refractivity contribution in [2.75, 3.05) is 0 Å². The second-order valence-corrected chi connectivity index (χ2v) is 9.98. The van der Waals surface area contributed by atoms with Gasteiger partial charge in [0, 0.05) is 12.0 Å². The first-order chi connectivity index (χ1) is 10.9. The van der Waals surface area contributed by atoms with E-state index in [2.05, 4.69) is 13.8 Å². The highest BCUT2D eigenvalue weighted by Gasteiger charge is 2.60. The number of ketones is 1. The van der Waals surface area contributed by atoms with Crippen molar-refractivity contribution in [2.24, 2.45) is 46.2 Å². The summed E-state index contributed by atoms with van der Waals surface area (Å²) in [5.41, 5.74) is 7.13.